The lowest BCUT2D eigenvalue weighted by atomic mass is 10.1. The average Bonchev–Trinajstić information content (AvgIpc) is 3.09. The molecule has 1 aliphatic rings. The zero-order valence-electron chi connectivity index (χ0n) is 17.8. The molecule has 10 nitrogen and oxygen atoms in total. The smallest absolute Gasteiger partial charge is 0.338 e. The summed E-state index contributed by atoms with van der Waals surface area (Å²) in [5.41, 5.74) is 0.307. The SMILES string of the molecule is CC(=O)NCc1ccc(C(=O)COC(=O)c2ccc(N3CCCCCC3)c([N+](=O)[O-])c2)o1. The minimum Gasteiger partial charge on any atom is -0.456 e. The number of esters is 1. The normalized spacial score (nSPS) is 13.8. The summed E-state index contributed by atoms with van der Waals surface area (Å²) in [7, 11) is 0. The molecule has 0 unspecified atom stereocenters. The van der Waals surface area contributed by atoms with E-state index in [0.29, 0.717) is 11.4 Å². The molecule has 32 heavy (non-hydrogen) atoms. The van der Waals surface area contributed by atoms with Crippen molar-refractivity contribution in [3.05, 3.63) is 57.5 Å². The van der Waals surface area contributed by atoms with Crippen LogP contribution in [0.5, 0.6) is 0 Å². The molecule has 0 atom stereocenters. The number of amides is 1. The monoisotopic (exact) mass is 443 g/mol. The van der Waals surface area contributed by atoms with Gasteiger partial charge in [-0.3, -0.25) is 19.7 Å². The number of nitrogens with one attached hydrogen (secondary N) is 1. The summed E-state index contributed by atoms with van der Waals surface area (Å²) in [5.74, 6) is -1.27. The third kappa shape index (κ3) is 5.93. The standard InChI is InChI=1S/C22H25N3O7/c1-15(26)23-13-17-7-9-21(32-17)20(27)14-31-22(28)16-6-8-18(19(12-16)25(29)30)24-10-4-2-3-5-11-24/h6-9,12H,2-5,10-11,13-14H2,1H3,(H,23,26). The average molecular weight is 443 g/mol. The number of ether oxygens (including phenoxy) is 1. The molecule has 1 aromatic carbocycles. The fourth-order valence-corrected chi connectivity index (χ4v) is 3.50. The van der Waals surface area contributed by atoms with Gasteiger partial charge in [0.2, 0.25) is 11.7 Å². The Bertz CT molecular complexity index is 1010. The van der Waals surface area contributed by atoms with Crippen LogP contribution in [0, 0.1) is 10.1 Å². The van der Waals surface area contributed by atoms with Gasteiger partial charge in [-0.25, -0.2) is 4.79 Å². The van der Waals surface area contributed by atoms with E-state index in [1.54, 1.807) is 6.07 Å². The van der Waals surface area contributed by atoms with E-state index in [2.05, 4.69) is 5.32 Å². The van der Waals surface area contributed by atoms with Gasteiger partial charge < -0.3 is 19.4 Å². The molecule has 1 aromatic heterocycles. The van der Waals surface area contributed by atoms with Gasteiger partial charge in [0.1, 0.15) is 11.4 Å². The summed E-state index contributed by atoms with van der Waals surface area (Å²) >= 11 is 0. The summed E-state index contributed by atoms with van der Waals surface area (Å²) in [6.45, 7) is 2.38. The van der Waals surface area contributed by atoms with E-state index in [0.717, 1.165) is 38.8 Å². The Labute approximate surface area is 184 Å². The Hall–Kier alpha value is -3.69. The van der Waals surface area contributed by atoms with E-state index in [9.17, 15) is 24.5 Å². The van der Waals surface area contributed by atoms with Crippen LogP contribution in [0.4, 0.5) is 11.4 Å². The van der Waals surface area contributed by atoms with Crippen LogP contribution < -0.4 is 10.2 Å². The minimum absolute atomic E-state index is 0.00568. The number of hydrogen-bond donors (Lipinski definition) is 1. The molecule has 1 N–H and O–H groups in total. The quantitative estimate of drug-likeness (QED) is 0.285. The molecule has 0 bridgehead atoms. The highest BCUT2D eigenvalue weighted by Crippen LogP contribution is 2.31. The molecule has 2 heterocycles. The second kappa shape index (κ2) is 10.6. The third-order valence-electron chi connectivity index (χ3n) is 5.14. The minimum atomic E-state index is -0.839. The molecule has 2 aromatic rings. The van der Waals surface area contributed by atoms with Crippen molar-refractivity contribution in [1.82, 2.24) is 5.32 Å². The molecule has 0 aliphatic carbocycles. The number of anilines is 1. The van der Waals surface area contributed by atoms with Crippen LogP contribution in [0.15, 0.2) is 34.7 Å². The van der Waals surface area contributed by atoms with Gasteiger partial charge in [0.25, 0.3) is 5.69 Å². The molecule has 0 spiro atoms. The molecule has 1 saturated heterocycles. The largest absolute Gasteiger partial charge is 0.456 e. The number of nitro benzene ring substituents is 1. The van der Waals surface area contributed by atoms with Gasteiger partial charge in [0.15, 0.2) is 12.4 Å². The van der Waals surface area contributed by atoms with Crippen LogP contribution in [0.1, 0.15) is 59.3 Å². The van der Waals surface area contributed by atoms with Crippen molar-refractivity contribution < 1.29 is 28.5 Å². The first-order valence-electron chi connectivity index (χ1n) is 10.4. The van der Waals surface area contributed by atoms with E-state index < -0.39 is 23.3 Å². The van der Waals surface area contributed by atoms with Gasteiger partial charge in [-0.15, -0.1) is 0 Å². The summed E-state index contributed by atoms with van der Waals surface area (Å²) in [5, 5.41) is 14.2. The van der Waals surface area contributed by atoms with Gasteiger partial charge in [-0.05, 0) is 37.1 Å². The molecular weight excluding hydrogens is 418 g/mol. The van der Waals surface area contributed by atoms with Crippen molar-refractivity contribution in [3.8, 4) is 0 Å². The van der Waals surface area contributed by atoms with Crippen molar-refractivity contribution in [2.75, 3.05) is 24.6 Å². The first-order valence-corrected chi connectivity index (χ1v) is 10.4. The molecular formula is C22H25N3O7. The van der Waals surface area contributed by atoms with Crippen LogP contribution in [0.2, 0.25) is 0 Å². The van der Waals surface area contributed by atoms with Crippen LogP contribution in [0.3, 0.4) is 0 Å². The van der Waals surface area contributed by atoms with Crippen LogP contribution in [-0.4, -0.2) is 42.3 Å². The van der Waals surface area contributed by atoms with Crippen molar-refractivity contribution in [2.24, 2.45) is 0 Å². The predicted octanol–water partition coefficient (Wildman–Crippen LogP) is 3.24. The number of nitrogens with zero attached hydrogens (tertiary/aromatic N) is 2. The summed E-state index contributed by atoms with van der Waals surface area (Å²) in [4.78, 5) is 48.6. The third-order valence-corrected chi connectivity index (χ3v) is 5.14. The highest BCUT2D eigenvalue weighted by molar-refractivity contribution is 5.98. The Morgan fingerprint density at radius 1 is 1.12 bits per heavy atom. The van der Waals surface area contributed by atoms with Gasteiger partial charge >= 0.3 is 5.97 Å². The maximum absolute atomic E-state index is 12.4. The van der Waals surface area contributed by atoms with Crippen molar-refractivity contribution in [1.29, 1.82) is 0 Å². The lowest BCUT2D eigenvalue weighted by Crippen LogP contribution is -2.25. The first kappa shape index (κ1) is 23.0. The highest BCUT2D eigenvalue weighted by atomic mass is 16.6. The van der Waals surface area contributed by atoms with Gasteiger partial charge in [-0.1, -0.05) is 12.8 Å². The summed E-state index contributed by atoms with van der Waals surface area (Å²) in [6, 6.07) is 7.18. The zero-order valence-corrected chi connectivity index (χ0v) is 17.8. The zero-order chi connectivity index (χ0) is 23.1. The lowest BCUT2D eigenvalue weighted by molar-refractivity contribution is -0.384. The number of ketones is 1. The van der Waals surface area contributed by atoms with E-state index in [-0.39, 0.29) is 29.5 Å². The first-order chi connectivity index (χ1) is 15.3. The molecule has 1 fully saturated rings. The maximum atomic E-state index is 12.4. The second-order valence-corrected chi connectivity index (χ2v) is 7.54. The van der Waals surface area contributed by atoms with Crippen molar-refractivity contribution >= 4 is 29.0 Å². The number of nitro groups is 1. The van der Waals surface area contributed by atoms with Crippen molar-refractivity contribution in [2.45, 2.75) is 39.2 Å². The maximum Gasteiger partial charge on any atom is 0.338 e. The Kier molecular flexibility index (Phi) is 7.58. The number of furan rings is 1. The van der Waals surface area contributed by atoms with Gasteiger partial charge in [0, 0.05) is 26.1 Å². The predicted molar refractivity (Wildman–Crippen MR) is 115 cm³/mol. The van der Waals surface area contributed by atoms with Gasteiger partial charge in [-0.2, -0.15) is 0 Å². The molecule has 0 saturated carbocycles. The Balaban J connectivity index is 1.64. The molecule has 10 heteroatoms. The number of hydrogen-bond acceptors (Lipinski definition) is 8. The second-order valence-electron chi connectivity index (χ2n) is 7.54. The van der Waals surface area contributed by atoms with E-state index in [1.165, 1.54) is 31.2 Å². The summed E-state index contributed by atoms with van der Waals surface area (Å²) < 4.78 is 10.4. The topological polar surface area (TPSA) is 132 Å². The fraction of sp³-hybridized carbons (Fsp3) is 0.409. The highest BCUT2D eigenvalue weighted by Gasteiger charge is 2.24. The number of carbonyl (C=O) groups excluding carboxylic acids is 3. The van der Waals surface area contributed by atoms with Crippen LogP contribution >= 0.6 is 0 Å². The molecule has 0 radical (unpaired) electrons. The van der Waals surface area contributed by atoms with E-state index in [1.807, 2.05) is 4.90 Å². The number of rotatable bonds is 8. The van der Waals surface area contributed by atoms with Crippen LogP contribution in [-0.2, 0) is 16.1 Å². The van der Waals surface area contributed by atoms with E-state index in [4.69, 9.17) is 9.15 Å². The van der Waals surface area contributed by atoms with Gasteiger partial charge in [0.05, 0.1) is 17.0 Å². The summed E-state index contributed by atoms with van der Waals surface area (Å²) in [6.07, 6.45) is 4.10. The number of Topliss-reactive ketones (excluding diaryl/α,β-unsaturated/α-hetero) is 1. The Morgan fingerprint density at radius 3 is 2.50 bits per heavy atom. The van der Waals surface area contributed by atoms with Crippen LogP contribution in [0.25, 0.3) is 0 Å². The molecule has 170 valence electrons. The fourth-order valence-electron chi connectivity index (χ4n) is 3.50. The molecule has 1 amide bonds. The molecule has 3 rings (SSSR count). The van der Waals surface area contributed by atoms with Crippen molar-refractivity contribution in [3.63, 3.8) is 0 Å². The molecule has 1 aliphatic heterocycles. The number of benzene rings is 1. The number of carbonyl (C=O) groups is 3. The Morgan fingerprint density at radius 2 is 1.84 bits per heavy atom. The lowest BCUT2D eigenvalue weighted by Gasteiger charge is -2.22. The van der Waals surface area contributed by atoms with E-state index >= 15 is 0 Å².